The Labute approximate surface area is 98.7 Å². The van der Waals surface area contributed by atoms with Gasteiger partial charge in [0, 0.05) is 16.8 Å². The minimum Gasteiger partial charge on any atom is -0.379 e. The maximum absolute atomic E-state index is 11.8. The fourth-order valence-electron chi connectivity index (χ4n) is 1.64. The summed E-state index contributed by atoms with van der Waals surface area (Å²) < 4.78 is 5.14. The molecular weight excluding hydrogens is 228 g/mol. The minimum absolute atomic E-state index is 0.118. The lowest BCUT2D eigenvalue weighted by molar-refractivity contribution is -0.120. The van der Waals surface area contributed by atoms with Crippen molar-refractivity contribution in [3.8, 4) is 0 Å². The van der Waals surface area contributed by atoms with Crippen LogP contribution in [-0.4, -0.2) is 25.2 Å². The van der Waals surface area contributed by atoms with E-state index in [2.05, 4.69) is 5.32 Å². The van der Waals surface area contributed by atoms with Gasteiger partial charge in [-0.15, -0.1) is 0 Å². The number of amides is 1. The molecule has 86 valence electrons. The van der Waals surface area contributed by atoms with Crippen LogP contribution in [0, 0.1) is 5.92 Å². The first-order chi connectivity index (χ1) is 7.66. The number of rotatable bonds is 2. The lowest BCUT2D eigenvalue weighted by Crippen LogP contribution is -2.37. The Hall–Kier alpha value is -1.10. The number of carbonyl (C=O) groups is 1. The lowest BCUT2D eigenvalue weighted by atomic mass is 10.0. The van der Waals surface area contributed by atoms with Crippen molar-refractivity contribution < 1.29 is 9.53 Å². The molecule has 1 saturated heterocycles. The average Bonchev–Trinajstić information content (AvgIpc) is 2.64. The Morgan fingerprint density at radius 2 is 2.31 bits per heavy atom. The van der Waals surface area contributed by atoms with E-state index < -0.39 is 0 Å². The van der Waals surface area contributed by atoms with Crippen LogP contribution in [0.3, 0.4) is 0 Å². The first kappa shape index (κ1) is 11.4. The van der Waals surface area contributed by atoms with Crippen LogP contribution in [0.25, 0.3) is 0 Å². The van der Waals surface area contributed by atoms with Gasteiger partial charge in [0.2, 0.25) is 5.91 Å². The number of nitrogens with one attached hydrogen (secondary N) is 1. The number of hydrogen-bond acceptors (Lipinski definition) is 3. The van der Waals surface area contributed by atoms with Gasteiger partial charge < -0.3 is 15.8 Å². The number of halogens is 1. The molecule has 0 aromatic heterocycles. The monoisotopic (exact) mass is 240 g/mol. The molecule has 1 fully saturated rings. The molecule has 0 bridgehead atoms. The van der Waals surface area contributed by atoms with Crippen LogP contribution in [0.4, 0.5) is 5.69 Å². The molecule has 16 heavy (non-hydrogen) atoms. The largest absolute Gasteiger partial charge is 0.379 e. The SMILES string of the molecule is NC1COCC1C(=O)Nc1cccc(Cl)c1. The third-order valence-electron chi connectivity index (χ3n) is 2.55. The molecule has 1 aliphatic rings. The molecule has 2 unspecified atom stereocenters. The van der Waals surface area contributed by atoms with Crippen molar-refractivity contribution >= 4 is 23.2 Å². The number of carbonyl (C=O) groups excluding carboxylic acids is 1. The van der Waals surface area contributed by atoms with E-state index in [-0.39, 0.29) is 17.9 Å². The summed E-state index contributed by atoms with van der Waals surface area (Å²) in [6.45, 7) is 0.821. The van der Waals surface area contributed by atoms with Gasteiger partial charge in [-0.25, -0.2) is 0 Å². The highest BCUT2D eigenvalue weighted by Gasteiger charge is 2.31. The smallest absolute Gasteiger partial charge is 0.231 e. The van der Waals surface area contributed by atoms with Crippen molar-refractivity contribution in [3.05, 3.63) is 29.3 Å². The Kier molecular flexibility index (Phi) is 3.43. The predicted molar refractivity (Wildman–Crippen MR) is 62.4 cm³/mol. The first-order valence-corrected chi connectivity index (χ1v) is 5.44. The van der Waals surface area contributed by atoms with Gasteiger partial charge >= 0.3 is 0 Å². The quantitative estimate of drug-likeness (QED) is 0.818. The average molecular weight is 241 g/mol. The molecule has 0 radical (unpaired) electrons. The van der Waals surface area contributed by atoms with Gasteiger partial charge in [0.15, 0.2) is 0 Å². The number of ether oxygens (including phenoxy) is 1. The zero-order valence-corrected chi connectivity index (χ0v) is 9.41. The zero-order valence-electron chi connectivity index (χ0n) is 8.65. The number of anilines is 1. The second-order valence-electron chi connectivity index (χ2n) is 3.81. The molecule has 3 N–H and O–H groups in total. The fraction of sp³-hybridized carbons (Fsp3) is 0.364. The van der Waals surface area contributed by atoms with Gasteiger partial charge in [-0.05, 0) is 18.2 Å². The van der Waals surface area contributed by atoms with E-state index >= 15 is 0 Å². The molecule has 1 amide bonds. The molecule has 4 nitrogen and oxygen atoms in total. The third kappa shape index (κ3) is 2.52. The van der Waals surface area contributed by atoms with E-state index in [0.29, 0.717) is 23.9 Å². The summed E-state index contributed by atoms with van der Waals surface area (Å²) in [6.07, 6.45) is 0. The second kappa shape index (κ2) is 4.82. The number of hydrogen-bond donors (Lipinski definition) is 2. The highest BCUT2D eigenvalue weighted by molar-refractivity contribution is 6.30. The molecule has 2 rings (SSSR count). The van der Waals surface area contributed by atoms with Crippen LogP contribution in [-0.2, 0) is 9.53 Å². The maximum Gasteiger partial charge on any atom is 0.231 e. The molecular formula is C11H13ClN2O2. The van der Waals surface area contributed by atoms with E-state index in [9.17, 15) is 4.79 Å². The summed E-state index contributed by atoms with van der Waals surface area (Å²) in [5.41, 5.74) is 6.43. The van der Waals surface area contributed by atoms with Crippen LogP contribution in [0.5, 0.6) is 0 Å². The number of benzene rings is 1. The normalized spacial score (nSPS) is 24.4. The molecule has 1 heterocycles. The van der Waals surface area contributed by atoms with Gasteiger partial charge in [-0.2, -0.15) is 0 Å². The first-order valence-electron chi connectivity index (χ1n) is 5.06. The van der Waals surface area contributed by atoms with Crippen molar-refractivity contribution in [2.24, 2.45) is 11.7 Å². The fourth-order valence-corrected chi connectivity index (χ4v) is 1.83. The van der Waals surface area contributed by atoms with Gasteiger partial charge in [0.05, 0.1) is 19.1 Å². The second-order valence-corrected chi connectivity index (χ2v) is 4.24. The molecule has 1 aromatic carbocycles. The molecule has 1 aromatic rings. The third-order valence-corrected chi connectivity index (χ3v) is 2.79. The summed E-state index contributed by atoms with van der Waals surface area (Å²) in [6, 6.07) is 6.79. The van der Waals surface area contributed by atoms with Gasteiger partial charge in [0.25, 0.3) is 0 Å². The van der Waals surface area contributed by atoms with Crippen LogP contribution >= 0.6 is 11.6 Å². The van der Waals surface area contributed by atoms with Crippen molar-refractivity contribution in [1.82, 2.24) is 0 Å². The summed E-state index contributed by atoms with van der Waals surface area (Å²) in [4.78, 5) is 11.8. The predicted octanol–water partition coefficient (Wildman–Crippen LogP) is 1.25. The summed E-state index contributed by atoms with van der Waals surface area (Å²) >= 11 is 5.82. The molecule has 0 saturated carbocycles. The van der Waals surface area contributed by atoms with E-state index in [1.54, 1.807) is 24.3 Å². The topological polar surface area (TPSA) is 64.3 Å². The van der Waals surface area contributed by atoms with Gasteiger partial charge in [0.1, 0.15) is 0 Å². The van der Waals surface area contributed by atoms with Crippen LogP contribution in [0.1, 0.15) is 0 Å². The van der Waals surface area contributed by atoms with E-state index in [1.807, 2.05) is 0 Å². The van der Waals surface area contributed by atoms with Crippen LogP contribution in [0.2, 0.25) is 5.02 Å². The van der Waals surface area contributed by atoms with E-state index in [1.165, 1.54) is 0 Å². The molecule has 0 aliphatic carbocycles. The molecule has 1 aliphatic heterocycles. The van der Waals surface area contributed by atoms with Crippen LogP contribution < -0.4 is 11.1 Å². The summed E-state index contributed by atoms with van der Waals surface area (Å²) in [7, 11) is 0. The van der Waals surface area contributed by atoms with Crippen molar-refractivity contribution in [1.29, 1.82) is 0 Å². The van der Waals surface area contributed by atoms with Gasteiger partial charge in [-0.1, -0.05) is 17.7 Å². The molecule has 5 heteroatoms. The van der Waals surface area contributed by atoms with E-state index in [0.717, 1.165) is 0 Å². The Morgan fingerprint density at radius 1 is 1.50 bits per heavy atom. The Morgan fingerprint density at radius 3 is 2.94 bits per heavy atom. The van der Waals surface area contributed by atoms with E-state index in [4.69, 9.17) is 22.1 Å². The molecule has 0 spiro atoms. The van der Waals surface area contributed by atoms with Crippen molar-refractivity contribution in [3.63, 3.8) is 0 Å². The minimum atomic E-state index is -0.279. The standard InChI is InChI=1S/C11H13ClN2O2/c12-7-2-1-3-8(4-7)14-11(15)9-5-16-6-10(9)13/h1-4,9-10H,5-6,13H2,(H,14,15). The Balaban J connectivity index is 2.02. The molecule has 2 atom stereocenters. The van der Waals surface area contributed by atoms with Gasteiger partial charge in [-0.3, -0.25) is 4.79 Å². The number of nitrogens with two attached hydrogens (primary N) is 1. The van der Waals surface area contributed by atoms with Crippen LogP contribution in [0.15, 0.2) is 24.3 Å². The van der Waals surface area contributed by atoms with Crippen molar-refractivity contribution in [2.45, 2.75) is 6.04 Å². The maximum atomic E-state index is 11.8. The zero-order chi connectivity index (χ0) is 11.5. The summed E-state index contributed by atoms with van der Waals surface area (Å²) in [5.74, 6) is -0.397. The van der Waals surface area contributed by atoms with Crippen molar-refractivity contribution in [2.75, 3.05) is 18.5 Å². The highest BCUT2D eigenvalue weighted by atomic mass is 35.5. The Bertz CT molecular complexity index is 397. The summed E-state index contributed by atoms with van der Waals surface area (Å²) in [5, 5.41) is 3.36. The lowest BCUT2D eigenvalue weighted by Gasteiger charge is -2.13. The highest BCUT2D eigenvalue weighted by Crippen LogP contribution is 2.18.